The maximum atomic E-state index is 13.3. The topological polar surface area (TPSA) is 228 Å². The number of allylic oxidation sites excluding steroid dienone is 17. The number of ether oxygens (including phenoxy) is 4. The number of amides is 1. The number of hydrogen-bond donors (Lipinski definition) is 9. The molecule has 88 heavy (non-hydrogen) atoms. The second kappa shape index (κ2) is 57.5. The highest BCUT2D eigenvalue weighted by molar-refractivity contribution is 5.76. The third-order valence-corrected chi connectivity index (χ3v) is 16.5. The average Bonchev–Trinajstić information content (AvgIpc) is 2.07. The third kappa shape index (κ3) is 41.2. The SMILES string of the molecule is CC/C=C\C/C=C\C/C=C\C/C=C\C/C=C\C/C=C\C/C=C\C/C=C\CCCCCCCCCCC(=O)NC(COC1OC(CO)C(OC2OC(CO)C(O)C(O)C2O)C(O)C1O)C(O)/C=C/CCCCCCCCCCCCCCCCCCCCC. The van der Waals surface area contributed by atoms with Gasteiger partial charge in [-0.25, -0.2) is 0 Å². The lowest BCUT2D eigenvalue weighted by molar-refractivity contribution is -0.359. The van der Waals surface area contributed by atoms with Crippen LogP contribution in [0.15, 0.2) is 109 Å². The fourth-order valence-electron chi connectivity index (χ4n) is 10.9. The first-order valence-corrected chi connectivity index (χ1v) is 35.1. The van der Waals surface area contributed by atoms with Crippen molar-refractivity contribution in [2.45, 2.75) is 331 Å². The smallest absolute Gasteiger partial charge is 0.220 e. The Morgan fingerprint density at radius 3 is 1.20 bits per heavy atom. The van der Waals surface area contributed by atoms with Gasteiger partial charge in [0.25, 0.3) is 0 Å². The van der Waals surface area contributed by atoms with E-state index in [1.165, 1.54) is 128 Å². The first-order valence-electron chi connectivity index (χ1n) is 35.1. The van der Waals surface area contributed by atoms with Crippen LogP contribution in [0.3, 0.4) is 0 Å². The molecular weight excluding hydrogens is 1110 g/mol. The Balaban J connectivity index is 1.69. The number of hydrogen-bond acceptors (Lipinski definition) is 13. The molecule has 0 spiro atoms. The van der Waals surface area contributed by atoms with Gasteiger partial charge in [-0.05, 0) is 83.5 Å². The van der Waals surface area contributed by atoms with Crippen LogP contribution in [-0.2, 0) is 23.7 Å². The molecule has 0 bridgehead atoms. The van der Waals surface area contributed by atoms with Crippen LogP contribution in [0.25, 0.3) is 0 Å². The van der Waals surface area contributed by atoms with E-state index in [-0.39, 0.29) is 18.9 Å². The molecule has 9 N–H and O–H groups in total. The zero-order valence-electron chi connectivity index (χ0n) is 54.9. The van der Waals surface area contributed by atoms with Crippen LogP contribution < -0.4 is 5.32 Å². The molecule has 0 saturated carbocycles. The number of carbonyl (C=O) groups is 1. The van der Waals surface area contributed by atoms with E-state index < -0.39 is 86.8 Å². The molecule has 0 aromatic carbocycles. The molecule has 506 valence electrons. The summed E-state index contributed by atoms with van der Waals surface area (Å²) in [6.45, 7) is 2.69. The van der Waals surface area contributed by atoms with Crippen molar-refractivity contribution in [2.24, 2.45) is 0 Å². The molecule has 1 amide bonds. The predicted octanol–water partition coefficient (Wildman–Crippen LogP) is 14.3. The van der Waals surface area contributed by atoms with Crippen molar-refractivity contribution in [1.29, 1.82) is 0 Å². The molecule has 2 aliphatic rings. The van der Waals surface area contributed by atoms with E-state index >= 15 is 0 Å². The van der Waals surface area contributed by atoms with Gasteiger partial charge in [0, 0.05) is 6.42 Å². The average molecular weight is 1240 g/mol. The zero-order valence-corrected chi connectivity index (χ0v) is 54.9. The Morgan fingerprint density at radius 2 is 0.784 bits per heavy atom. The summed E-state index contributed by atoms with van der Waals surface area (Å²) in [6, 6.07) is -0.928. The molecule has 2 rings (SSSR count). The molecule has 2 fully saturated rings. The summed E-state index contributed by atoms with van der Waals surface area (Å²) in [5.74, 6) is -0.250. The van der Waals surface area contributed by atoms with Gasteiger partial charge in [0.1, 0.15) is 48.8 Å². The minimum absolute atomic E-state index is 0.250. The van der Waals surface area contributed by atoms with Gasteiger partial charge in [0.2, 0.25) is 5.91 Å². The molecule has 2 saturated heterocycles. The van der Waals surface area contributed by atoms with Crippen LogP contribution in [0, 0.1) is 0 Å². The van der Waals surface area contributed by atoms with Gasteiger partial charge in [0.15, 0.2) is 12.6 Å². The normalized spacial score (nSPS) is 23.8. The van der Waals surface area contributed by atoms with Crippen LogP contribution >= 0.6 is 0 Å². The maximum Gasteiger partial charge on any atom is 0.220 e. The van der Waals surface area contributed by atoms with Gasteiger partial charge < -0.3 is 65.1 Å². The molecule has 14 heteroatoms. The molecule has 0 aliphatic carbocycles. The minimum atomic E-state index is -1.79. The van der Waals surface area contributed by atoms with Gasteiger partial charge in [-0.3, -0.25) is 4.79 Å². The summed E-state index contributed by atoms with van der Waals surface area (Å²) in [4.78, 5) is 13.3. The molecule has 2 heterocycles. The quantitative estimate of drug-likeness (QED) is 0.0204. The summed E-state index contributed by atoms with van der Waals surface area (Å²) in [7, 11) is 0. The van der Waals surface area contributed by atoms with Gasteiger partial charge in [0.05, 0.1) is 32.0 Å². The van der Waals surface area contributed by atoms with Crippen LogP contribution in [0.4, 0.5) is 0 Å². The highest BCUT2D eigenvalue weighted by Gasteiger charge is 2.51. The highest BCUT2D eigenvalue weighted by atomic mass is 16.7. The largest absolute Gasteiger partial charge is 0.394 e. The summed E-state index contributed by atoms with van der Waals surface area (Å²) < 4.78 is 22.8. The monoisotopic (exact) mass is 1240 g/mol. The lowest BCUT2D eigenvalue weighted by Gasteiger charge is -2.46. The standard InChI is InChI=1S/C74H127NO13/c1-3-5-7-9-11-13-15-17-19-21-23-25-26-27-28-29-30-31-32-33-34-35-36-38-40-42-44-46-48-50-52-54-56-58-66(79)75-62(63(78)57-55-53-51-49-47-45-43-41-39-37-24-22-20-18-16-14-12-10-8-6-4-2)61-85-73-71(84)69(82)72(65(60-77)87-73)88-74-70(83)68(81)67(80)64(59-76)86-74/h5,7,11,13,17,19,23,25,27-28,30-31,33-34,36,38,55,57,62-65,67-74,76-78,80-84H,3-4,6,8-10,12,14-16,18,20-22,24,26,29,32,35,37,39-54,56,58-61H2,1-2H3,(H,75,79)/b7-5-,13-11-,19-17-,25-23-,28-27-,31-30-,34-33-,38-36-,57-55+. The Morgan fingerprint density at radius 1 is 0.420 bits per heavy atom. The molecule has 14 nitrogen and oxygen atoms in total. The zero-order chi connectivity index (χ0) is 63.8. The Kier molecular flexibility index (Phi) is 52.8. The van der Waals surface area contributed by atoms with Crippen LogP contribution in [0.5, 0.6) is 0 Å². The van der Waals surface area contributed by atoms with Crippen LogP contribution in [0.2, 0.25) is 0 Å². The van der Waals surface area contributed by atoms with E-state index in [9.17, 15) is 45.6 Å². The predicted molar refractivity (Wildman–Crippen MR) is 359 cm³/mol. The summed E-state index contributed by atoms with van der Waals surface area (Å²) in [5.41, 5.74) is 0. The molecular formula is C74H127NO13. The van der Waals surface area contributed by atoms with Crippen molar-refractivity contribution in [3.63, 3.8) is 0 Å². The van der Waals surface area contributed by atoms with Crippen LogP contribution in [-0.4, -0.2) is 140 Å². The summed E-state index contributed by atoms with van der Waals surface area (Å²) >= 11 is 0. The molecule has 0 aromatic heterocycles. The first-order chi connectivity index (χ1) is 43.1. The molecule has 2 aliphatic heterocycles. The first kappa shape index (κ1) is 80.7. The van der Waals surface area contributed by atoms with Gasteiger partial charge in [-0.2, -0.15) is 0 Å². The molecule has 0 radical (unpaired) electrons. The van der Waals surface area contributed by atoms with Crippen molar-refractivity contribution in [3.8, 4) is 0 Å². The lowest BCUT2D eigenvalue weighted by atomic mass is 9.97. The van der Waals surface area contributed by atoms with Crippen molar-refractivity contribution in [2.75, 3.05) is 19.8 Å². The van der Waals surface area contributed by atoms with Crippen molar-refractivity contribution < 1.29 is 64.6 Å². The van der Waals surface area contributed by atoms with E-state index in [2.05, 4.69) is 116 Å². The van der Waals surface area contributed by atoms with Crippen LogP contribution in [0.1, 0.15) is 258 Å². The van der Waals surface area contributed by atoms with E-state index in [0.29, 0.717) is 6.42 Å². The molecule has 12 atom stereocenters. The van der Waals surface area contributed by atoms with E-state index in [4.69, 9.17) is 18.9 Å². The lowest BCUT2D eigenvalue weighted by Crippen LogP contribution is -2.65. The third-order valence-electron chi connectivity index (χ3n) is 16.5. The number of nitrogens with one attached hydrogen (secondary N) is 1. The fraction of sp³-hybridized carbons (Fsp3) is 0.743. The number of rotatable bonds is 56. The van der Waals surface area contributed by atoms with Gasteiger partial charge in [-0.1, -0.05) is 277 Å². The Hall–Kier alpha value is -3.35. The number of aliphatic hydroxyl groups excluding tert-OH is 8. The fourth-order valence-corrected chi connectivity index (χ4v) is 10.9. The Bertz CT molecular complexity index is 1890. The van der Waals surface area contributed by atoms with Crippen molar-refractivity contribution in [3.05, 3.63) is 109 Å². The Labute approximate surface area is 534 Å². The van der Waals surface area contributed by atoms with Gasteiger partial charge >= 0.3 is 0 Å². The second-order valence-electron chi connectivity index (χ2n) is 24.3. The van der Waals surface area contributed by atoms with E-state index in [1.54, 1.807) is 6.08 Å². The highest BCUT2D eigenvalue weighted by Crippen LogP contribution is 2.30. The minimum Gasteiger partial charge on any atom is -0.394 e. The molecule has 0 aromatic rings. The second-order valence-corrected chi connectivity index (χ2v) is 24.3. The summed E-state index contributed by atoms with van der Waals surface area (Å²) in [6.07, 6.45) is 65.5. The van der Waals surface area contributed by atoms with Crippen molar-refractivity contribution >= 4 is 5.91 Å². The van der Waals surface area contributed by atoms with E-state index in [0.717, 1.165) is 103 Å². The number of unbranched alkanes of at least 4 members (excludes halogenated alkanes) is 27. The number of carbonyl (C=O) groups excluding carboxylic acids is 1. The van der Waals surface area contributed by atoms with Crippen molar-refractivity contribution in [1.82, 2.24) is 5.32 Å². The maximum absolute atomic E-state index is 13.3. The van der Waals surface area contributed by atoms with E-state index in [1.807, 2.05) is 6.08 Å². The van der Waals surface area contributed by atoms with Gasteiger partial charge in [-0.15, -0.1) is 0 Å². The summed E-state index contributed by atoms with van der Waals surface area (Å²) in [5, 5.41) is 87.4. The molecule has 12 unspecified atom stereocenters. The number of aliphatic hydroxyl groups is 8.